The maximum Gasteiger partial charge on any atom is 0.0766 e. The maximum absolute atomic E-state index is 5.66. The minimum atomic E-state index is 0.0622. The Morgan fingerprint density at radius 2 is 2.11 bits per heavy atom. The van der Waals surface area contributed by atoms with Crippen molar-refractivity contribution in [2.75, 3.05) is 6.61 Å². The van der Waals surface area contributed by atoms with Crippen molar-refractivity contribution in [2.45, 2.75) is 59.2 Å². The first kappa shape index (κ1) is 16.6. The zero-order valence-corrected chi connectivity index (χ0v) is 13.8. The number of hydrazine groups is 1. The number of aryl methyl sites for hydroxylation is 2. The van der Waals surface area contributed by atoms with Crippen molar-refractivity contribution in [3.05, 3.63) is 15.9 Å². The molecule has 5 nitrogen and oxygen atoms in total. The molecule has 3 N–H and O–H groups in total. The number of rotatable bonds is 8. The van der Waals surface area contributed by atoms with Gasteiger partial charge in [-0.2, -0.15) is 5.10 Å². The second-order valence-electron chi connectivity index (χ2n) is 4.51. The molecule has 0 spiro atoms. The molecule has 1 aromatic heterocycles. The van der Waals surface area contributed by atoms with Gasteiger partial charge in [-0.05, 0) is 43.1 Å². The molecule has 2 atom stereocenters. The first-order valence-electron chi connectivity index (χ1n) is 6.90. The predicted molar refractivity (Wildman–Crippen MR) is 80.9 cm³/mol. The van der Waals surface area contributed by atoms with Gasteiger partial charge in [-0.3, -0.25) is 16.0 Å². The van der Waals surface area contributed by atoms with Crippen molar-refractivity contribution in [3.8, 4) is 0 Å². The molecular weight excluding hydrogens is 308 g/mol. The van der Waals surface area contributed by atoms with Crippen molar-refractivity contribution >= 4 is 15.9 Å². The van der Waals surface area contributed by atoms with Gasteiger partial charge >= 0.3 is 0 Å². The number of aromatic nitrogens is 2. The van der Waals surface area contributed by atoms with Crippen molar-refractivity contribution in [1.82, 2.24) is 15.2 Å². The Morgan fingerprint density at radius 3 is 2.58 bits per heavy atom. The van der Waals surface area contributed by atoms with Gasteiger partial charge in [-0.15, -0.1) is 0 Å². The Hall–Kier alpha value is -0.430. The average molecular weight is 333 g/mol. The summed E-state index contributed by atoms with van der Waals surface area (Å²) in [5, 5.41) is 4.60. The van der Waals surface area contributed by atoms with Gasteiger partial charge in [0.2, 0.25) is 0 Å². The molecule has 0 aliphatic carbocycles. The highest BCUT2D eigenvalue weighted by Gasteiger charge is 2.22. The molecule has 0 saturated carbocycles. The van der Waals surface area contributed by atoms with E-state index in [1.807, 2.05) is 18.5 Å². The lowest BCUT2D eigenvalue weighted by atomic mass is 10.1. The Labute approximate surface area is 124 Å². The van der Waals surface area contributed by atoms with Gasteiger partial charge in [-0.25, -0.2) is 0 Å². The summed E-state index contributed by atoms with van der Waals surface area (Å²) in [4.78, 5) is 0. The van der Waals surface area contributed by atoms with Crippen molar-refractivity contribution in [3.63, 3.8) is 0 Å². The van der Waals surface area contributed by atoms with Crippen LogP contribution in [-0.4, -0.2) is 28.5 Å². The summed E-state index contributed by atoms with van der Waals surface area (Å²) in [7, 11) is 0. The summed E-state index contributed by atoms with van der Waals surface area (Å²) in [5.74, 6) is 5.66. The zero-order chi connectivity index (χ0) is 14.4. The summed E-state index contributed by atoms with van der Waals surface area (Å²) in [6.07, 6.45) is 1.77. The molecule has 0 bridgehead atoms. The topological polar surface area (TPSA) is 65.1 Å². The molecule has 0 aromatic carbocycles. The number of nitrogens with zero attached hydrogens (tertiary/aromatic N) is 2. The molecule has 0 radical (unpaired) electrons. The van der Waals surface area contributed by atoms with E-state index in [0.29, 0.717) is 6.61 Å². The van der Waals surface area contributed by atoms with Gasteiger partial charge in [0.25, 0.3) is 0 Å². The Morgan fingerprint density at radius 1 is 1.42 bits per heavy atom. The van der Waals surface area contributed by atoms with E-state index in [1.54, 1.807) is 0 Å². The minimum absolute atomic E-state index is 0.0622. The Kier molecular flexibility index (Phi) is 6.99. The van der Waals surface area contributed by atoms with Gasteiger partial charge < -0.3 is 4.74 Å². The van der Waals surface area contributed by atoms with Gasteiger partial charge in [0.1, 0.15) is 0 Å². The summed E-state index contributed by atoms with van der Waals surface area (Å²) >= 11 is 3.66. The highest BCUT2D eigenvalue weighted by Crippen LogP contribution is 2.24. The highest BCUT2D eigenvalue weighted by atomic mass is 79.9. The normalized spacial score (nSPS) is 14.6. The molecule has 0 aliphatic rings. The molecule has 1 heterocycles. The van der Waals surface area contributed by atoms with Gasteiger partial charge in [0.05, 0.1) is 28.0 Å². The van der Waals surface area contributed by atoms with Crippen molar-refractivity contribution < 1.29 is 4.74 Å². The van der Waals surface area contributed by atoms with Gasteiger partial charge in [0, 0.05) is 19.6 Å². The van der Waals surface area contributed by atoms with E-state index in [9.17, 15) is 0 Å². The van der Waals surface area contributed by atoms with Crippen LogP contribution >= 0.6 is 15.9 Å². The van der Waals surface area contributed by atoms with E-state index in [4.69, 9.17) is 10.6 Å². The number of hydrogen-bond acceptors (Lipinski definition) is 4. The van der Waals surface area contributed by atoms with Crippen molar-refractivity contribution in [1.29, 1.82) is 0 Å². The minimum Gasteiger partial charge on any atom is -0.377 e. The van der Waals surface area contributed by atoms with Crippen LogP contribution in [0.4, 0.5) is 0 Å². The van der Waals surface area contributed by atoms with E-state index in [1.165, 1.54) is 5.69 Å². The molecule has 19 heavy (non-hydrogen) atoms. The lowest BCUT2D eigenvalue weighted by Gasteiger charge is -2.23. The lowest BCUT2D eigenvalue weighted by molar-refractivity contribution is 0.0471. The fourth-order valence-electron chi connectivity index (χ4n) is 2.16. The molecule has 0 amide bonds. The first-order valence-corrected chi connectivity index (χ1v) is 7.69. The summed E-state index contributed by atoms with van der Waals surface area (Å²) < 4.78 is 8.76. The first-order chi connectivity index (χ1) is 9.08. The standard InChI is InChI=1S/C13H25BrN4O/c1-5-10-13(14)12(18(6-2)17-10)8-11(16-15)9(4)19-7-3/h9,11,16H,5-8,15H2,1-4H3. The molecule has 1 aromatic rings. The predicted octanol–water partition coefficient (Wildman–Crippen LogP) is 2.03. The van der Waals surface area contributed by atoms with Crippen LogP contribution in [0.25, 0.3) is 0 Å². The number of hydrogen-bond donors (Lipinski definition) is 2. The molecular formula is C13H25BrN4O. The monoisotopic (exact) mass is 332 g/mol. The van der Waals surface area contributed by atoms with Gasteiger partial charge in [0.15, 0.2) is 0 Å². The molecule has 1 rings (SSSR count). The maximum atomic E-state index is 5.66. The third-order valence-electron chi connectivity index (χ3n) is 3.32. The number of ether oxygens (including phenoxy) is 1. The van der Waals surface area contributed by atoms with Crippen LogP contribution in [-0.2, 0) is 24.1 Å². The number of nitrogens with two attached hydrogens (primary N) is 1. The van der Waals surface area contributed by atoms with E-state index in [2.05, 4.69) is 40.3 Å². The third-order valence-corrected chi connectivity index (χ3v) is 4.23. The average Bonchev–Trinajstić information content (AvgIpc) is 2.72. The second kappa shape index (κ2) is 7.99. The molecule has 0 saturated heterocycles. The van der Waals surface area contributed by atoms with Crippen LogP contribution < -0.4 is 11.3 Å². The summed E-state index contributed by atoms with van der Waals surface area (Å²) in [6.45, 7) is 9.78. The van der Waals surface area contributed by atoms with Crippen LogP contribution in [0, 0.1) is 0 Å². The Bertz CT molecular complexity index is 394. The Balaban J connectivity index is 2.92. The molecule has 2 unspecified atom stereocenters. The SMILES string of the molecule is CCOC(C)C(Cc1c(Br)c(CC)nn1CC)NN. The van der Waals surface area contributed by atoms with E-state index < -0.39 is 0 Å². The van der Waals surface area contributed by atoms with Crippen LogP contribution in [0.2, 0.25) is 0 Å². The molecule has 110 valence electrons. The molecule has 6 heteroatoms. The summed E-state index contributed by atoms with van der Waals surface area (Å²) in [5.41, 5.74) is 5.12. The highest BCUT2D eigenvalue weighted by molar-refractivity contribution is 9.10. The second-order valence-corrected chi connectivity index (χ2v) is 5.31. The molecule has 0 fully saturated rings. The van der Waals surface area contributed by atoms with Crippen LogP contribution in [0.1, 0.15) is 39.1 Å². The van der Waals surface area contributed by atoms with E-state index >= 15 is 0 Å². The lowest BCUT2D eigenvalue weighted by Crippen LogP contribution is -2.45. The fourth-order valence-corrected chi connectivity index (χ4v) is 2.89. The fraction of sp³-hybridized carbons (Fsp3) is 0.769. The number of nitrogens with one attached hydrogen (secondary N) is 1. The zero-order valence-electron chi connectivity index (χ0n) is 12.2. The van der Waals surface area contributed by atoms with E-state index in [0.717, 1.165) is 29.6 Å². The third kappa shape index (κ3) is 4.02. The number of halogens is 1. The van der Waals surface area contributed by atoms with Gasteiger partial charge in [-0.1, -0.05) is 6.92 Å². The smallest absolute Gasteiger partial charge is 0.0766 e. The van der Waals surface area contributed by atoms with E-state index in [-0.39, 0.29) is 12.1 Å². The van der Waals surface area contributed by atoms with Crippen LogP contribution in [0.3, 0.4) is 0 Å². The van der Waals surface area contributed by atoms with Crippen LogP contribution in [0.15, 0.2) is 4.47 Å². The largest absolute Gasteiger partial charge is 0.377 e. The quantitative estimate of drug-likeness (QED) is 0.564. The summed E-state index contributed by atoms with van der Waals surface area (Å²) in [6, 6.07) is 0.0722. The van der Waals surface area contributed by atoms with Crippen LogP contribution in [0.5, 0.6) is 0 Å². The molecule has 0 aliphatic heterocycles. The van der Waals surface area contributed by atoms with Crippen molar-refractivity contribution in [2.24, 2.45) is 5.84 Å².